The summed E-state index contributed by atoms with van der Waals surface area (Å²) in [6.07, 6.45) is 0. The summed E-state index contributed by atoms with van der Waals surface area (Å²) in [5.74, 6) is -3.97. The van der Waals surface area contributed by atoms with E-state index in [1.165, 1.54) is 0 Å². The summed E-state index contributed by atoms with van der Waals surface area (Å²) in [5.41, 5.74) is 0.0332. The second kappa shape index (κ2) is 6.77. The van der Waals surface area contributed by atoms with Crippen molar-refractivity contribution >= 4 is 14.3 Å². The van der Waals surface area contributed by atoms with E-state index in [0.29, 0.717) is 0 Å². The summed E-state index contributed by atoms with van der Waals surface area (Å²) in [6.45, 7) is 12.4. The minimum atomic E-state index is -2.35. The van der Waals surface area contributed by atoms with Gasteiger partial charge in [-0.15, -0.1) is 0 Å². The maximum Gasteiger partial charge on any atom is 0.338 e. The average molecular weight is 330 g/mol. The molecule has 6 heteroatoms. The minimum Gasteiger partial charge on any atom is -0.543 e. The second-order valence-electron chi connectivity index (χ2n) is 6.49. The third-order valence-corrected chi connectivity index (χ3v) is 10.2. The molecule has 0 radical (unpaired) electrons. The summed E-state index contributed by atoms with van der Waals surface area (Å²) in [5, 5.41) is 8.99. The highest BCUT2D eigenvalue weighted by Gasteiger charge is 2.47. The van der Waals surface area contributed by atoms with Crippen LogP contribution in [0, 0.1) is 11.6 Å². The molecule has 1 N–H and O–H groups in total. The molecule has 0 heterocycles. The topological polar surface area (TPSA) is 46.5 Å². The number of hydrogen-bond donors (Lipinski definition) is 1. The standard InChI is InChI=1S/C16H24F2O3Si/c1-9(2)22(10(3)4,11(5)6)21-12-7-13(16(19)20)15(18)14(17)8-12/h7-11H,1-6H3,(H,19,20). The van der Waals surface area contributed by atoms with Gasteiger partial charge in [-0.2, -0.15) is 0 Å². The zero-order valence-electron chi connectivity index (χ0n) is 13.9. The van der Waals surface area contributed by atoms with Crippen molar-refractivity contribution in [3.63, 3.8) is 0 Å². The molecular formula is C16H24F2O3Si. The molecule has 0 saturated heterocycles. The number of aromatic carboxylic acids is 1. The fraction of sp³-hybridized carbons (Fsp3) is 0.562. The lowest BCUT2D eigenvalue weighted by atomic mass is 10.2. The van der Waals surface area contributed by atoms with Crippen LogP contribution in [-0.4, -0.2) is 19.4 Å². The number of rotatable bonds is 6. The molecule has 0 saturated carbocycles. The predicted molar refractivity (Wildman–Crippen MR) is 85.0 cm³/mol. The van der Waals surface area contributed by atoms with Crippen LogP contribution in [-0.2, 0) is 0 Å². The van der Waals surface area contributed by atoms with Crippen molar-refractivity contribution in [1.29, 1.82) is 0 Å². The Morgan fingerprint density at radius 1 is 1.05 bits per heavy atom. The molecule has 0 aliphatic rings. The van der Waals surface area contributed by atoms with Crippen molar-refractivity contribution in [2.75, 3.05) is 0 Å². The summed E-state index contributed by atoms with van der Waals surface area (Å²) < 4.78 is 33.4. The number of benzene rings is 1. The monoisotopic (exact) mass is 330 g/mol. The first kappa shape index (κ1) is 18.6. The van der Waals surface area contributed by atoms with Crippen LogP contribution in [0.3, 0.4) is 0 Å². The van der Waals surface area contributed by atoms with Crippen LogP contribution in [0.4, 0.5) is 8.78 Å². The largest absolute Gasteiger partial charge is 0.543 e. The maximum atomic E-state index is 13.7. The molecule has 0 amide bonds. The molecule has 0 fully saturated rings. The average Bonchev–Trinajstić information content (AvgIpc) is 2.37. The Morgan fingerprint density at radius 2 is 1.50 bits per heavy atom. The van der Waals surface area contributed by atoms with E-state index < -0.39 is 31.5 Å². The first-order chi connectivity index (χ1) is 10.0. The number of carboxylic acids is 1. The van der Waals surface area contributed by atoms with E-state index >= 15 is 0 Å². The highest BCUT2D eigenvalue weighted by molar-refractivity contribution is 6.78. The van der Waals surface area contributed by atoms with Gasteiger partial charge in [0.2, 0.25) is 0 Å². The molecule has 3 nitrogen and oxygen atoms in total. The van der Waals surface area contributed by atoms with Gasteiger partial charge in [0.25, 0.3) is 8.32 Å². The van der Waals surface area contributed by atoms with Crippen LogP contribution in [0.1, 0.15) is 51.9 Å². The van der Waals surface area contributed by atoms with Gasteiger partial charge in [-0.3, -0.25) is 0 Å². The van der Waals surface area contributed by atoms with Gasteiger partial charge in [0.15, 0.2) is 11.6 Å². The number of halogens is 2. The van der Waals surface area contributed by atoms with E-state index in [4.69, 9.17) is 9.53 Å². The Hall–Kier alpha value is -1.43. The second-order valence-corrected chi connectivity index (χ2v) is 11.9. The third-order valence-electron chi connectivity index (χ3n) is 4.23. The zero-order valence-corrected chi connectivity index (χ0v) is 14.9. The lowest BCUT2D eigenvalue weighted by Crippen LogP contribution is -2.50. The van der Waals surface area contributed by atoms with Gasteiger partial charge in [-0.1, -0.05) is 41.5 Å². The van der Waals surface area contributed by atoms with E-state index in [2.05, 4.69) is 41.5 Å². The molecule has 0 aliphatic carbocycles. The van der Waals surface area contributed by atoms with Gasteiger partial charge in [-0.05, 0) is 22.7 Å². The van der Waals surface area contributed by atoms with Gasteiger partial charge in [0.05, 0.1) is 0 Å². The molecule has 124 valence electrons. The van der Waals surface area contributed by atoms with Crippen molar-refractivity contribution in [2.24, 2.45) is 0 Å². The van der Waals surface area contributed by atoms with E-state index in [1.54, 1.807) is 0 Å². The Bertz CT molecular complexity index is 535. The molecular weight excluding hydrogens is 306 g/mol. The van der Waals surface area contributed by atoms with Crippen LogP contribution in [0.2, 0.25) is 16.6 Å². The fourth-order valence-electron chi connectivity index (χ4n) is 3.34. The van der Waals surface area contributed by atoms with Crippen LogP contribution in [0.5, 0.6) is 5.75 Å². The molecule has 0 unspecified atom stereocenters. The molecule has 1 aromatic carbocycles. The van der Waals surface area contributed by atoms with Crippen molar-refractivity contribution in [1.82, 2.24) is 0 Å². The van der Waals surface area contributed by atoms with Gasteiger partial charge in [-0.25, -0.2) is 13.6 Å². The molecule has 0 bridgehead atoms. The first-order valence-electron chi connectivity index (χ1n) is 7.45. The van der Waals surface area contributed by atoms with E-state index in [9.17, 15) is 13.6 Å². The summed E-state index contributed by atoms with van der Waals surface area (Å²) in [4.78, 5) is 11.0. The van der Waals surface area contributed by atoms with Gasteiger partial charge in [0, 0.05) is 6.07 Å². The third kappa shape index (κ3) is 3.32. The Kier molecular flexibility index (Phi) is 5.73. The van der Waals surface area contributed by atoms with E-state index in [-0.39, 0.29) is 22.4 Å². The molecule has 0 aliphatic heterocycles. The predicted octanol–water partition coefficient (Wildman–Crippen LogP) is 5.22. The SMILES string of the molecule is CC(C)[Si](Oc1cc(F)c(F)c(C(=O)O)c1)(C(C)C)C(C)C. The number of carbonyl (C=O) groups is 1. The molecule has 0 atom stereocenters. The van der Waals surface area contributed by atoms with Gasteiger partial charge in [0.1, 0.15) is 11.3 Å². The van der Waals surface area contributed by atoms with Crippen LogP contribution in [0.15, 0.2) is 12.1 Å². The van der Waals surface area contributed by atoms with Crippen LogP contribution < -0.4 is 4.43 Å². The number of carboxylic acid groups (broad SMARTS) is 1. The smallest absolute Gasteiger partial charge is 0.338 e. The number of hydrogen-bond acceptors (Lipinski definition) is 2. The Balaban J connectivity index is 3.39. The quantitative estimate of drug-likeness (QED) is 0.728. The van der Waals surface area contributed by atoms with Crippen LogP contribution >= 0.6 is 0 Å². The molecule has 0 spiro atoms. The molecule has 22 heavy (non-hydrogen) atoms. The van der Waals surface area contributed by atoms with Crippen LogP contribution in [0.25, 0.3) is 0 Å². The highest BCUT2D eigenvalue weighted by Crippen LogP contribution is 2.43. The van der Waals surface area contributed by atoms with Crippen molar-refractivity contribution in [2.45, 2.75) is 58.2 Å². The van der Waals surface area contributed by atoms with Crippen molar-refractivity contribution < 1.29 is 23.1 Å². The Morgan fingerprint density at radius 3 is 1.86 bits per heavy atom. The van der Waals surface area contributed by atoms with E-state index in [0.717, 1.165) is 12.1 Å². The fourth-order valence-corrected chi connectivity index (χ4v) is 8.57. The van der Waals surface area contributed by atoms with Crippen molar-refractivity contribution in [3.8, 4) is 5.75 Å². The van der Waals surface area contributed by atoms with Crippen molar-refractivity contribution in [3.05, 3.63) is 29.3 Å². The lowest BCUT2D eigenvalue weighted by Gasteiger charge is -2.42. The Labute approximate surface area is 131 Å². The van der Waals surface area contributed by atoms with Gasteiger partial charge >= 0.3 is 5.97 Å². The first-order valence-corrected chi connectivity index (χ1v) is 9.59. The summed E-state index contributed by atoms with van der Waals surface area (Å²) in [7, 11) is -2.35. The lowest BCUT2D eigenvalue weighted by molar-refractivity contribution is 0.0690. The minimum absolute atomic E-state index is 0.0964. The molecule has 0 aromatic heterocycles. The highest BCUT2D eigenvalue weighted by atomic mass is 28.4. The molecule has 1 rings (SSSR count). The van der Waals surface area contributed by atoms with Gasteiger partial charge < -0.3 is 9.53 Å². The summed E-state index contributed by atoms with van der Waals surface area (Å²) >= 11 is 0. The van der Waals surface area contributed by atoms with E-state index in [1.807, 2.05) is 0 Å². The summed E-state index contributed by atoms with van der Waals surface area (Å²) in [6, 6.07) is 2.02. The zero-order chi connectivity index (χ0) is 17.2. The maximum absolute atomic E-state index is 13.7. The normalized spacial score (nSPS) is 12.3. The molecule has 1 aromatic rings.